The maximum absolute atomic E-state index is 12.4. The summed E-state index contributed by atoms with van der Waals surface area (Å²) in [7, 11) is 0.855. The third kappa shape index (κ3) is 4.49. The van der Waals surface area contributed by atoms with Crippen molar-refractivity contribution in [1.82, 2.24) is 4.57 Å². The van der Waals surface area contributed by atoms with E-state index in [1.54, 1.807) is 6.07 Å². The van der Waals surface area contributed by atoms with Gasteiger partial charge < -0.3 is 14.0 Å². The van der Waals surface area contributed by atoms with Crippen LogP contribution in [-0.4, -0.2) is 27.3 Å². The van der Waals surface area contributed by atoms with Crippen LogP contribution < -0.4 is 9.46 Å². The van der Waals surface area contributed by atoms with Crippen molar-refractivity contribution in [3.8, 4) is 23.1 Å². The highest BCUT2D eigenvalue weighted by atomic mass is 32.2. The summed E-state index contributed by atoms with van der Waals surface area (Å²) < 4.78 is 34.8. The van der Waals surface area contributed by atoms with Crippen LogP contribution in [0.25, 0.3) is 22.2 Å². The maximum Gasteiger partial charge on any atom is 0.123 e. The van der Waals surface area contributed by atoms with Gasteiger partial charge in [-0.2, -0.15) is 5.26 Å². The largest absolute Gasteiger partial charge is 0.491 e. The summed E-state index contributed by atoms with van der Waals surface area (Å²) in [5.41, 5.74) is 3.92. The number of aryl methyl sites for hydroxylation is 1. The van der Waals surface area contributed by atoms with Crippen molar-refractivity contribution in [3.05, 3.63) is 48.0 Å². The van der Waals surface area contributed by atoms with E-state index >= 15 is 0 Å². The smallest absolute Gasteiger partial charge is 0.123 e. The molecule has 30 heavy (non-hydrogen) atoms. The van der Waals surface area contributed by atoms with E-state index in [4.69, 9.17) is 4.74 Å². The lowest BCUT2D eigenvalue weighted by Gasteiger charge is -2.09. The molecule has 1 aliphatic carbocycles. The summed E-state index contributed by atoms with van der Waals surface area (Å²) in [6, 6.07) is 15.3. The topological polar surface area (TPSA) is 67.0 Å². The first-order valence-corrected chi connectivity index (χ1v) is 11.3. The predicted octanol–water partition coefficient (Wildman–Crippen LogP) is 5.33. The molecule has 7 heteroatoms. The van der Waals surface area contributed by atoms with E-state index in [9.17, 15) is 13.9 Å². The molecule has 1 aromatic heterocycles. The van der Waals surface area contributed by atoms with Gasteiger partial charge in [-0.25, -0.2) is 8.60 Å². The number of rotatable bonds is 7. The first-order chi connectivity index (χ1) is 14.6. The third-order valence-corrected chi connectivity index (χ3v) is 6.35. The highest BCUT2D eigenvalue weighted by molar-refractivity contribution is 7.87. The molecule has 1 fully saturated rings. The number of nitrogens with zero attached hydrogens (tertiary/aromatic N) is 2. The lowest BCUT2D eigenvalue weighted by Crippen LogP contribution is -2.08. The number of benzene rings is 2. The fraction of sp³-hybridized carbons (Fsp3) is 0.348. The average Bonchev–Trinajstić information content (AvgIpc) is 3.59. The number of alkyl halides is 1. The van der Waals surface area contributed by atoms with Gasteiger partial charge in [0, 0.05) is 24.2 Å². The van der Waals surface area contributed by atoms with Gasteiger partial charge >= 0.3 is 0 Å². The van der Waals surface area contributed by atoms with Crippen LogP contribution in [0.3, 0.4) is 0 Å². The van der Waals surface area contributed by atoms with Gasteiger partial charge in [0.05, 0.1) is 22.0 Å². The summed E-state index contributed by atoms with van der Waals surface area (Å²) >= 11 is 0. The Kier molecular flexibility index (Phi) is 7.11. The number of halogens is 1. The van der Waals surface area contributed by atoms with Crippen LogP contribution in [0.4, 0.5) is 10.1 Å². The number of aromatic nitrogens is 1. The second-order valence-electron chi connectivity index (χ2n) is 6.79. The molecule has 1 atom stereocenters. The molecule has 0 spiro atoms. The Morgan fingerprint density at radius 1 is 1.23 bits per heavy atom. The summed E-state index contributed by atoms with van der Waals surface area (Å²) in [4.78, 5) is 0. The van der Waals surface area contributed by atoms with E-state index in [2.05, 4.69) is 10.8 Å². The van der Waals surface area contributed by atoms with Crippen molar-refractivity contribution in [2.45, 2.75) is 31.9 Å². The highest BCUT2D eigenvalue weighted by Crippen LogP contribution is 2.35. The van der Waals surface area contributed by atoms with Crippen LogP contribution in [0.5, 0.6) is 5.75 Å². The van der Waals surface area contributed by atoms with Gasteiger partial charge in [0.25, 0.3) is 0 Å². The van der Waals surface area contributed by atoms with Gasteiger partial charge in [-0.1, -0.05) is 26.0 Å². The van der Waals surface area contributed by atoms with Gasteiger partial charge in [0.2, 0.25) is 0 Å². The van der Waals surface area contributed by atoms with Crippen molar-refractivity contribution in [1.29, 1.82) is 5.26 Å². The summed E-state index contributed by atoms with van der Waals surface area (Å²) in [5.74, 6) is 0.573. The molecule has 0 radical (unpaired) electrons. The molecule has 4 rings (SSSR count). The molecule has 5 nitrogen and oxygen atoms in total. The molecule has 1 N–H and O–H groups in total. The molecular formula is C23H26FN3O2S. The highest BCUT2D eigenvalue weighted by Gasteiger charge is 2.28. The van der Waals surface area contributed by atoms with Crippen LogP contribution in [-0.2, 0) is 18.0 Å². The molecule has 1 unspecified atom stereocenters. The minimum Gasteiger partial charge on any atom is -0.491 e. The summed E-state index contributed by atoms with van der Waals surface area (Å²) in [6.45, 7) is 3.45. The fourth-order valence-corrected chi connectivity index (χ4v) is 4.39. The Morgan fingerprint density at radius 3 is 2.53 bits per heavy atom. The Bertz CT molecular complexity index is 1080. The lowest BCUT2D eigenvalue weighted by molar-refractivity contribution is 0.273. The van der Waals surface area contributed by atoms with Gasteiger partial charge in [-0.15, -0.1) is 0 Å². The van der Waals surface area contributed by atoms with E-state index in [0.717, 1.165) is 40.7 Å². The molecule has 0 saturated heterocycles. The van der Waals surface area contributed by atoms with Gasteiger partial charge in [0.15, 0.2) is 0 Å². The van der Waals surface area contributed by atoms with Gasteiger partial charge in [0.1, 0.15) is 36.1 Å². The SMILES string of the molecule is CC.Cn1c(-c2ccc(NS(=O)C3CC3)cc2)c(C#N)c2ccc(OCCF)cc21. The zero-order valence-electron chi connectivity index (χ0n) is 17.4. The van der Waals surface area contributed by atoms with E-state index in [1.165, 1.54) is 0 Å². The Balaban J connectivity index is 0.00000124. The number of hydrogen-bond donors (Lipinski definition) is 1. The lowest BCUT2D eigenvalue weighted by atomic mass is 10.1. The van der Waals surface area contributed by atoms with Crippen molar-refractivity contribution < 1.29 is 13.3 Å². The van der Waals surface area contributed by atoms with Crippen LogP contribution in [0, 0.1) is 11.3 Å². The molecule has 0 bridgehead atoms. The van der Waals surface area contributed by atoms with Crippen molar-refractivity contribution in [3.63, 3.8) is 0 Å². The molecule has 1 heterocycles. The quantitative estimate of drug-likeness (QED) is 0.554. The zero-order chi connectivity index (χ0) is 21.7. The van der Waals surface area contributed by atoms with E-state index < -0.39 is 17.7 Å². The van der Waals surface area contributed by atoms with Crippen LogP contribution >= 0.6 is 0 Å². The minimum absolute atomic E-state index is 0.00455. The van der Waals surface area contributed by atoms with E-state index in [-0.39, 0.29) is 11.9 Å². The standard InChI is InChI=1S/C21H20FN3O2S.C2H6/c1-25-20-12-16(27-11-10-22)6-9-18(20)19(13-23)21(25)14-2-4-15(5-3-14)24-28(26)17-7-8-17;1-2/h2-6,9,12,17,24H,7-8,10-11H2,1H3;1-2H3. The normalized spacial score (nSPS) is 13.8. The molecule has 0 aliphatic heterocycles. The summed E-state index contributed by atoms with van der Waals surface area (Å²) in [5, 5.41) is 10.8. The molecule has 1 saturated carbocycles. The van der Waals surface area contributed by atoms with Crippen LogP contribution in [0.1, 0.15) is 32.3 Å². The molecule has 1 aliphatic rings. The first kappa shape index (κ1) is 21.8. The number of nitriles is 1. The summed E-state index contributed by atoms with van der Waals surface area (Å²) in [6.07, 6.45) is 2.02. The number of fused-ring (bicyclic) bond motifs is 1. The van der Waals surface area contributed by atoms with Crippen LogP contribution in [0.15, 0.2) is 42.5 Å². The van der Waals surface area contributed by atoms with Crippen molar-refractivity contribution in [2.75, 3.05) is 18.0 Å². The van der Waals surface area contributed by atoms with Crippen molar-refractivity contribution >= 4 is 27.6 Å². The van der Waals surface area contributed by atoms with Crippen molar-refractivity contribution in [2.24, 2.45) is 7.05 Å². The second-order valence-corrected chi connectivity index (χ2v) is 8.25. The van der Waals surface area contributed by atoms with Gasteiger partial charge in [-0.05, 0) is 42.7 Å². The Hall–Kier alpha value is -2.85. The second kappa shape index (κ2) is 9.77. The monoisotopic (exact) mass is 427 g/mol. The first-order valence-electron chi connectivity index (χ1n) is 10.1. The predicted molar refractivity (Wildman–Crippen MR) is 121 cm³/mol. The Morgan fingerprint density at radius 2 is 1.93 bits per heavy atom. The number of hydrogen-bond acceptors (Lipinski definition) is 3. The number of ether oxygens (including phenoxy) is 1. The zero-order valence-corrected chi connectivity index (χ0v) is 18.3. The molecule has 0 amide bonds. The molecular weight excluding hydrogens is 401 g/mol. The minimum atomic E-state index is -1.04. The third-order valence-electron chi connectivity index (χ3n) is 4.83. The number of nitrogens with one attached hydrogen (secondary N) is 1. The molecule has 2 aromatic carbocycles. The molecule has 158 valence electrons. The van der Waals surface area contributed by atoms with E-state index in [1.807, 2.05) is 61.9 Å². The number of anilines is 1. The van der Waals surface area contributed by atoms with E-state index in [0.29, 0.717) is 11.3 Å². The fourth-order valence-electron chi connectivity index (χ4n) is 3.29. The average molecular weight is 428 g/mol. The van der Waals surface area contributed by atoms with Gasteiger partial charge in [-0.3, -0.25) is 0 Å². The molecule has 3 aromatic rings. The maximum atomic E-state index is 12.4. The van der Waals surface area contributed by atoms with Crippen LogP contribution in [0.2, 0.25) is 0 Å². The Labute approximate surface area is 179 Å².